The second-order valence-electron chi connectivity index (χ2n) is 4.42. The number of rotatable bonds is 6. The fourth-order valence-electron chi connectivity index (χ4n) is 1.53. The van der Waals surface area contributed by atoms with Crippen LogP contribution in [0, 0.1) is 0 Å². The van der Waals surface area contributed by atoms with Gasteiger partial charge in [0.05, 0.1) is 5.25 Å². The standard InChI is InChI=1S/C14H16BrN3OS2/c1-3-12-17-18-14(21-12)16-13(19)9(2)20-8-10-4-6-11(15)7-5-10/h4-7,9H,3,8H2,1-2H3,(H,16,18,19)/t9-/m1/s1. The maximum absolute atomic E-state index is 12.1. The van der Waals surface area contributed by atoms with Crippen molar-refractivity contribution in [3.63, 3.8) is 0 Å². The van der Waals surface area contributed by atoms with E-state index < -0.39 is 0 Å². The summed E-state index contributed by atoms with van der Waals surface area (Å²) in [6.45, 7) is 3.92. The zero-order chi connectivity index (χ0) is 15.2. The van der Waals surface area contributed by atoms with E-state index in [1.54, 1.807) is 11.8 Å². The van der Waals surface area contributed by atoms with E-state index in [0.717, 1.165) is 21.7 Å². The molecule has 0 unspecified atom stereocenters. The number of aryl methyl sites for hydroxylation is 1. The largest absolute Gasteiger partial charge is 0.300 e. The Bertz CT molecular complexity index is 601. The van der Waals surface area contributed by atoms with Crippen LogP contribution in [0.3, 0.4) is 0 Å². The summed E-state index contributed by atoms with van der Waals surface area (Å²) in [4.78, 5) is 12.1. The highest BCUT2D eigenvalue weighted by Gasteiger charge is 2.15. The minimum atomic E-state index is -0.136. The molecule has 0 spiro atoms. The van der Waals surface area contributed by atoms with Gasteiger partial charge in [0.15, 0.2) is 0 Å². The topological polar surface area (TPSA) is 54.9 Å². The first kappa shape index (κ1) is 16.5. The summed E-state index contributed by atoms with van der Waals surface area (Å²) in [5, 5.41) is 12.1. The highest BCUT2D eigenvalue weighted by atomic mass is 79.9. The Kier molecular flexibility index (Phi) is 6.20. The predicted octanol–water partition coefficient (Wildman–Crippen LogP) is 4.12. The van der Waals surface area contributed by atoms with Crippen molar-refractivity contribution >= 4 is 50.1 Å². The summed E-state index contributed by atoms with van der Waals surface area (Å²) in [6, 6.07) is 8.13. The fraction of sp³-hybridized carbons (Fsp3) is 0.357. The van der Waals surface area contributed by atoms with E-state index in [9.17, 15) is 4.79 Å². The molecule has 0 fully saturated rings. The van der Waals surface area contributed by atoms with Crippen molar-refractivity contribution in [2.24, 2.45) is 0 Å². The van der Waals surface area contributed by atoms with Crippen molar-refractivity contribution in [1.29, 1.82) is 0 Å². The Morgan fingerprint density at radius 1 is 1.38 bits per heavy atom. The van der Waals surface area contributed by atoms with Crippen molar-refractivity contribution in [2.45, 2.75) is 31.3 Å². The van der Waals surface area contributed by atoms with Gasteiger partial charge in [0, 0.05) is 10.2 Å². The van der Waals surface area contributed by atoms with E-state index in [1.165, 1.54) is 16.9 Å². The van der Waals surface area contributed by atoms with Crippen LogP contribution in [0.15, 0.2) is 28.7 Å². The Labute approximate surface area is 140 Å². The van der Waals surface area contributed by atoms with Crippen LogP contribution < -0.4 is 5.32 Å². The Morgan fingerprint density at radius 3 is 2.71 bits per heavy atom. The van der Waals surface area contributed by atoms with Gasteiger partial charge in [-0.25, -0.2) is 0 Å². The lowest BCUT2D eigenvalue weighted by molar-refractivity contribution is -0.115. The van der Waals surface area contributed by atoms with Crippen LogP contribution >= 0.6 is 39.0 Å². The van der Waals surface area contributed by atoms with Gasteiger partial charge in [0.1, 0.15) is 5.01 Å². The smallest absolute Gasteiger partial charge is 0.239 e. The van der Waals surface area contributed by atoms with Crippen LogP contribution in [0.25, 0.3) is 0 Å². The van der Waals surface area contributed by atoms with Gasteiger partial charge in [-0.3, -0.25) is 10.1 Å². The molecule has 0 saturated carbocycles. The molecule has 0 aliphatic rings. The number of carbonyl (C=O) groups excluding carboxylic acids is 1. The third kappa shape index (κ3) is 5.09. The number of amides is 1. The molecule has 7 heteroatoms. The molecule has 2 rings (SSSR count). The predicted molar refractivity (Wildman–Crippen MR) is 92.8 cm³/mol. The molecule has 0 saturated heterocycles. The number of hydrogen-bond donors (Lipinski definition) is 1. The van der Waals surface area contributed by atoms with Gasteiger partial charge >= 0.3 is 0 Å². The first-order valence-electron chi connectivity index (χ1n) is 6.57. The molecule has 1 aromatic carbocycles. The van der Waals surface area contributed by atoms with Gasteiger partial charge < -0.3 is 0 Å². The van der Waals surface area contributed by atoms with E-state index in [-0.39, 0.29) is 11.2 Å². The first-order chi connectivity index (χ1) is 10.1. The van der Waals surface area contributed by atoms with Crippen LogP contribution in [-0.2, 0) is 17.0 Å². The fourth-order valence-corrected chi connectivity index (χ4v) is 3.32. The molecule has 0 radical (unpaired) electrons. The summed E-state index contributed by atoms with van der Waals surface area (Å²) in [5.41, 5.74) is 1.20. The minimum absolute atomic E-state index is 0.0316. The number of nitrogens with zero attached hydrogens (tertiary/aromatic N) is 2. The van der Waals surface area contributed by atoms with Crippen LogP contribution in [0.2, 0.25) is 0 Å². The van der Waals surface area contributed by atoms with E-state index in [2.05, 4.69) is 43.6 Å². The second-order valence-corrected chi connectivity index (χ2v) is 7.73. The van der Waals surface area contributed by atoms with Crippen molar-refractivity contribution < 1.29 is 4.79 Å². The highest BCUT2D eigenvalue weighted by molar-refractivity contribution is 9.10. The molecule has 1 heterocycles. The summed E-state index contributed by atoms with van der Waals surface area (Å²) in [5.74, 6) is 0.772. The molecule has 4 nitrogen and oxygen atoms in total. The average Bonchev–Trinajstić information content (AvgIpc) is 2.94. The summed E-state index contributed by atoms with van der Waals surface area (Å²) >= 11 is 6.44. The Morgan fingerprint density at radius 2 is 2.10 bits per heavy atom. The van der Waals surface area contributed by atoms with Crippen LogP contribution in [0.4, 0.5) is 5.13 Å². The second kappa shape index (κ2) is 7.91. The molecule has 0 aliphatic carbocycles. The first-order valence-corrected chi connectivity index (χ1v) is 9.23. The van der Waals surface area contributed by atoms with Gasteiger partial charge in [-0.05, 0) is 31.0 Å². The maximum Gasteiger partial charge on any atom is 0.239 e. The molecule has 0 bridgehead atoms. The summed E-state index contributed by atoms with van der Waals surface area (Å²) < 4.78 is 1.06. The molecule has 21 heavy (non-hydrogen) atoms. The van der Waals surface area contributed by atoms with Crippen molar-refractivity contribution in [3.05, 3.63) is 39.3 Å². The molecule has 0 aliphatic heterocycles. The van der Waals surface area contributed by atoms with Gasteiger partial charge in [-0.15, -0.1) is 22.0 Å². The Hall–Kier alpha value is -0.920. The van der Waals surface area contributed by atoms with E-state index >= 15 is 0 Å². The number of nitrogens with one attached hydrogen (secondary N) is 1. The number of benzene rings is 1. The monoisotopic (exact) mass is 385 g/mol. The quantitative estimate of drug-likeness (QED) is 0.811. The van der Waals surface area contributed by atoms with Gasteiger partial charge in [-0.2, -0.15) is 0 Å². The lowest BCUT2D eigenvalue weighted by Gasteiger charge is -2.10. The van der Waals surface area contributed by atoms with Crippen LogP contribution in [0.5, 0.6) is 0 Å². The normalized spacial score (nSPS) is 12.1. The molecule has 1 N–H and O–H groups in total. The Balaban J connectivity index is 1.83. The van der Waals surface area contributed by atoms with E-state index in [0.29, 0.717) is 5.13 Å². The maximum atomic E-state index is 12.1. The molecule has 1 atom stereocenters. The molecule has 2 aromatic rings. The number of hydrogen-bond acceptors (Lipinski definition) is 5. The van der Waals surface area contributed by atoms with Gasteiger partial charge in [0.2, 0.25) is 11.0 Å². The molecular weight excluding hydrogens is 370 g/mol. The van der Waals surface area contributed by atoms with Crippen LogP contribution in [-0.4, -0.2) is 21.4 Å². The zero-order valence-electron chi connectivity index (χ0n) is 11.8. The summed E-state index contributed by atoms with van der Waals surface area (Å²) in [6.07, 6.45) is 0.835. The lowest BCUT2D eigenvalue weighted by atomic mass is 10.2. The number of anilines is 1. The van der Waals surface area contributed by atoms with Crippen molar-refractivity contribution in [1.82, 2.24) is 10.2 Å². The third-order valence-electron chi connectivity index (χ3n) is 2.78. The number of halogens is 1. The van der Waals surface area contributed by atoms with Crippen molar-refractivity contribution in [2.75, 3.05) is 5.32 Å². The molecular formula is C14H16BrN3OS2. The number of carbonyl (C=O) groups is 1. The number of aromatic nitrogens is 2. The van der Waals surface area contributed by atoms with E-state index in [4.69, 9.17) is 0 Å². The van der Waals surface area contributed by atoms with E-state index in [1.807, 2.05) is 26.0 Å². The van der Waals surface area contributed by atoms with Crippen LogP contribution in [0.1, 0.15) is 24.4 Å². The molecule has 1 amide bonds. The SMILES string of the molecule is CCc1nnc(NC(=O)[C@@H](C)SCc2ccc(Br)cc2)s1. The van der Waals surface area contributed by atoms with Gasteiger partial charge in [-0.1, -0.05) is 46.3 Å². The van der Waals surface area contributed by atoms with Gasteiger partial charge in [0.25, 0.3) is 0 Å². The van der Waals surface area contributed by atoms with Crippen molar-refractivity contribution in [3.8, 4) is 0 Å². The third-order valence-corrected chi connectivity index (χ3v) is 5.51. The minimum Gasteiger partial charge on any atom is -0.300 e. The lowest BCUT2D eigenvalue weighted by Crippen LogP contribution is -2.22. The highest BCUT2D eigenvalue weighted by Crippen LogP contribution is 2.22. The average molecular weight is 386 g/mol. The number of thioether (sulfide) groups is 1. The molecule has 1 aromatic heterocycles. The molecule has 112 valence electrons. The zero-order valence-corrected chi connectivity index (χ0v) is 15.0. The summed E-state index contributed by atoms with van der Waals surface area (Å²) in [7, 11) is 0.